The average molecular weight is 281 g/mol. The van der Waals surface area contributed by atoms with Crippen LogP contribution in [-0.4, -0.2) is 15.1 Å². The first-order valence-corrected chi connectivity index (χ1v) is 7.07. The highest BCUT2D eigenvalue weighted by Gasteiger charge is 2.04. The van der Waals surface area contributed by atoms with Crippen LogP contribution in [0.4, 0.5) is 0 Å². The molecule has 2 aromatic carbocycles. The van der Waals surface area contributed by atoms with Crippen molar-refractivity contribution in [2.24, 2.45) is 0 Å². The van der Waals surface area contributed by atoms with E-state index in [9.17, 15) is 5.11 Å². The number of benzene rings is 2. The van der Waals surface area contributed by atoms with Crippen LogP contribution in [0.2, 0.25) is 0 Å². The number of aromatic hydroxyl groups is 1. The molecule has 0 atom stereocenters. The minimum absolute atomic E-state index is 0.385. The number of hydrogen-bond acceptors (Lipinski definition) is 3. The molecule has 4 nitrogen and oxygen atoms in total. The van der Waals surface area contributed by atoms with Gasteiger partial charge in [0.2, 0.25) is 0 Å². The van der Waals surface area contributed by atoms with Crippen molar-refractivity contribution in [3.63, 3.8) is 0 Å². The highest BCUT2D eigenvalue weighted by atomic mass is 16.3. The lowest BCUT2D eigenvalue weighted by molar-refractivity contribution is 0.466. The molecule has 108 valence electrons. The van der Waals surface area contributed by atoms with E-state index in [0.29, 0.717) is 12.3 Å². The summed E-state index contributed by atoms with van der Waals surface area (Å²) in [4.78, 5) is 7.84. The van der Waals surface area contributed by atoms with Gasteiger partial charge in [-0.2, -0.15) is 0 Å². The first-order chi connectivity index (χ1) is 10.1. The van der Waals surface area contributed by atoms with Gasteiger partial charge in [-0.25, -0.2) is 4.98 Å². The van der Waals surface area contributed by atoms with Gasteiger partial charge in [0.05, 0.1) is 17.6 Å². The molecule has 0 aliphatic rings. The maximum Gasteiger partial charge on any atom is 0.121 e. The summed E-state index contributed by atoms with van der Waals surface area (Å²) in [6.07, 6.45) is 0. The Hall–Kier alpha value is -2.33. The molecule has 0 unspecified atom stereocenters. The third-order valence-electron chi connectivity index (χ3n) is 3.61. The lowest BCUT2D eigenvalue weighted by Gasteiger charge is -2.08. The van der Waals surface area contributed by atoms with Crippen LogP contribution in [0.5, 0.6) is 5.75 Å². The van der Waals surface area contributed by atoms with E-state index in [4.69, 9.17) is 0 Å². The molecular weight excluding hydrogens is 262 g/mol. The predicted octanol–water partition coefficient (Wildman–Crippen LogP) is 3.18. The lowest BCUT2D eigenvalue weighted by atomic mass is 10.1. The fraction of sp³-hybridized carbons (Fsp3) is 0.235. The number of aryl methyl sites for hydroxylation is 2. The van der Waals surface area contributed by atoms with E-state index in [1.807, 2.05) is 50.2 Å². The predicted molar refractivity (Wildman–Crippen MR) is 84.2 cm³/mol. The van der Waals surface area contributed by atoms with Crippen molar-refractivity contribution in [2.75, 3.05) is 0 Å². The van der Waals surface area contributed by atoms with Gasteiger partial charge in [-0.1, -0.05) is 24.3 Å². The maximum atomic E-state index is 9.78. The van der Waals surface area contributed by atoms with Crippen LogP contribution >= 0.6 is 0 Å². The molecule has 4 heteroatoms. The molecule has 0 saturated heterocycles. The van der Waals surface area contributed by atoms with Crippen LogP contribution in [0.3, 0.4) is 0 Å². The summed E-state index contributed by atoms with van der Waals surface area (Å²) in [7, 11) is 0. The number of para-hydroxylation sites is 2. The largest absolute Gasteiger partial charge is 0.507 e. The van der Waals surface area contributed by atoms with E-state index in [0.717, 1.165) is 34.5 Å². The minimum Gasteiger partial charge on any atom is -0.507 e. The third-order valence-corrected chi connectivity index (χ3v) is 3.61. The zero-order chi connectivity index (χ0) is 14.8. The Morgan fingerprint density at radius 2 is 1.81 bits per heavy atom. The summed E-state index contributed by atoms with van der Waals surface area (Å²) in [5, 5.41) is 13.2. The van der Waals surface area contributed by atoms with Gasteiger partial charge in [-0.15, -0.1) is 0 Å². The summed E-state index contributed by atoms with van der Waals surface area (Å²) >= 11 is 0. The minimum atomic E-state index is 0.385. The van der Waals surface area contributed by atoms with Crippen molar-refractivity contribution in [3.8, 4) is 5.75 Å². The van der Waals surface area contributed by atoms with Crippen LogP contribution < -0.4 is 5.32 Å². The molecule has 3 N–H and O–H groups in total. The van der Waals surface area contributed by atoms with Crippen molar-refractivity contribution < 1.29 is 5.11 Å². The second-order valence-electron chi connectivity index (χ2n) is 5.38. The number of rotatable bonds is 4. The number of aromatic amines is 1. The van der Waals surface area contributed by atoms with Gasteiger partial charge < -0.3 is 15.4 Å². The van der Waals surface area contributed by atoms with Crippen molar-refractivity contribution in [3.05, 3.63) is 58.9 Å². The molecule has 0 aliphatic heterocycles. The molecular formula is C17H19N3O. The van der Waals surface area contributed by atoms with E-state index in [-0.39, 0.29) is 0 Å². The van der Waals surface area contributed by atoms with Crippen LogP contribution in [0.15, 0.2) is 36.4 Å². The summed E-state index contributed by atoms with van der Waals surface area (Å²) in [5.41, 5.74) is 5.04. The number of fused-ring (bicyclic) bond motifs is 1. The lowest BCUT2D eigenvalue weighted by Crippen LogP contribution is -2.13. The van der Waals surface area contributed by atoms with E-state index in [1.165, 1.54) is 5.56 Å². The van der Waals surface area contributed by atoms with Gasteiger partial charge in [-0.3, -0.25) is 0 Å². The maximum absolute atomic E-state index is 9.78. The summed E-state index contributed by atoms with van der Waals surface area (Å²) in [6.45, 7) is 5.28. The quantitative estimate of drug-likeness (QED) is 0.688. The Kier molecular flexibility index (Phi) is 3.62. The Morgan fingerprint density at radius 1 is 1.10 bits per heavy atom. The summed E-state index contributed by atoms with van der Waals surface area (Å²) in [5.74, 6) is 1.32. The zero-order valence-corrected chi connectivity index (χ0v) is 12.3. The third kappa shape index (κ3) is 2.90. The molecule has 3 rings (SSSR count). The highest BCUT2D eigenvalue weighted by Crippen LogP contribution is 2.22. The number of nitrogens with one attached hydrogen (secondary N) is 2. The Balaban J connectivity index is 1.66. The number of nitrogens with zero attached hydrogens (tertiary/aromatic N) is 1. The Labute approximate surface area is 123 Å². The average Bonchev–Trinajstić information content (AvgIpc) is 2.87. The molecule has 0 amide bonds. The molecule has 0 aliphatic carbocycles. The Morgan fingerprint density at radius 3 is 2.52 bits per heavy atom. The van der Waals surface area contributed by atoms with Gasteiger partial charge in [0.15, 0.2) is 0 Å². The molecule has 0 fully saturated rings. The highest BCUT2D eigenvalue weighted by molar-refractivity contribution is 5.74. The number of phenols is 1. The molecule has 0 radical (unpaired) electrons. The van der Waals surface area contributed by atoms with Crippen molar-refractivity contribution in [1.82, 2.24) is 15.3 Å². The van der Waals surface area contributed by atoms with Crippen LogP contribution in [0.25, 0.3) is 11.0 Å². The molecule has 21 heavy (non-hydrogen) atoms. The van der Waals surface area contributed by atoms with E-state index < -0.39 is 0 Å². The van der Waals surface area contributed by atoms with Gasteiger partial charge in [0.25, 0.3) is 0 Å². The number of H-pyrrole nitrogens is 1. The molecule has 0 saturated carbocycles. The van der Waals surface area contributed by atoms with Gasteiger partial charge in [0, 0.05) is 6.54 Å². The zero-order valence-electron chi connectivity index (χ0n) is 12.3. The number of aromatic nitrogens is 2. The SMILES string of the molecule is Cc1cc(CNCc2nc3ccccc3[nH]2)cc(C)c1O. The normalized spacial score (nSPS) is 11.1. The second kappa shape index (κ2) is 5.58. The fourth-order valence-corrected chi connectivity index (χ4v) is 2.56. The molecule has 3 aromatic rings. The first-order valence-electron chi connectivity index (χ1n) is 7.07. The number of phenolic OH excluding ortho intramolecular Hbond substituents is 1. The van der Waals surface area contributed by atoms with Gasteiger partial charge >= 0.3 is 0 Å². The Bertz CT molecular complexity index is 721. The number of imidazole rings is 1. The summed E-state index contributed by atoms with van der Waals surface area (Å²) < 4.78 is 0. The van der Waals surface area contributed by atoms with Crippen LogP contribution in [0, 0.1) is 13.8 Å². The number of hydrogen-bond donors (Lipinski definition) is 3. The smallest absolute Gasteiger partial charge is 0.121 e. The van der Waals surface area contributed by atoms with Crippen molar-refractivity contribution in [1.29, 1.82) is 0 Å². The molecule has 1 aromatic heterocycles. The van der Waals surface area contributed by atoms with E-state index >= 15 is 0 Å². The van der Waals surface area contributed by atoms with Crippen molar-refractivity contribution >= 4 is 11.0 Å². The van der Waals surface area contributed by atoms with Gasteiger partial charge in [-0.05, 0) is 42.7 Å². The first kappa shape index (κ1) is 13.6. The fourth-order valence-electron chi connectivity index (χ4n) is 2.56. The van der Waals surface area contributed by atoms with Crippen LogP contribution in [-0.2, 0) is 13.1 Å². The molecule has 0 bridgehead atoms. The molecule has 0 spiro atoms. The second-order valence-corrected chi connectivity index (χ2v) is 5.38. The van der Waals surface area contributed by atoms with E-state index in [1.54, 1.807) is 0 Å². The standard InChI is InChI=1S/C17H19N3O/c1-11-7-13(8-12(2)17(11)21)9-18-10-16-19-14-5-3-4-6-15(14)20-16/h3-8,18,21H,9-10H2,1-2H3,(H,19,20). The molecule has 1 heterocycles. The van der Waals surface area contributed by atoms with E-state index in [2.05, 4.69) is 15.3 Å². The topological polar surface area (TPSA) is 60.9 Å². The van der Waals surface area contributed by atoms with Crippen LogP contribution in [0.1, 0.15) is 22.5 Å². The van der Waals surface area contributed by atoms with Crippen molar-refractivity contribution in [2.45, 2.75) is 26.9 Å². The van der Waals surface area contributed by atoms with Gasteiger partial charge in [0.1, 0.15) is 11.6 Å². The monoisotopic (exact) mass is 281 g/mol. The summed E-state index contributed by atoms with van der Waals surface area (Å²) in [6, 6.07) is 12.0.